The van der Waals surface area contributed by atoms with Crippen LogP contribution in [0.3, 0.4) is 0 Å². The van der Waals surface area contributed by atoms with E-state index < -0.39 is 6.10 Å². The zero-order valence-electron chi connectivity index (χ0n) is 10.7. The number of nitrogens with one attached hydrogen (secondary N) is 1. The Hall–Kier alpha value is -1.30. The Balaban J connectivity index is 1.92. The molecule has 0 aromatic heterocycles. The molecule has 1 saturated heterocycles. The van der Waals surface area contributed by atoms with Crippen molar-refractivity contribution in [2.45, 2.75) is 6.10 Å². The van der Waals surface area contributed by atoms with Crippen molar-refractivity contribution in [2.75, 3.05) is 43.4 Å². The summed E-state index contributed by atoms with van der Waals surface area (Å²) in [5, 5.41) is 13.0. The van der Waals surface area contributed by atoms with Gasteiger partial charge in [-0.25, -0.2) is 0 Å². The first kappa shape index (κ1) is 12.7. The molecule has 19 heavy (non-hydrogen) atoms. The van der Waals surface area contributed by atoms with Gasteiger partial charge in [-0.1, -0.05) is 11.6 Å². The fourth-order valence-corrected chi connectivity index (χ4v) is 2.84. The number of hydrogen-bond donors (Lipinski definition) is 2. The highest BCUT2D eigenvalue weighted by Gasteiger charge is 2.30. The summed E-state index contributed by atoms with van der Waals surface area (Å²) in [6.07, 6.45) is -1.10. The van der Waals surface area contributed by atoms with Crippen LogP contribution in [0, 0.1) is 0 Å². The molecule has 1 unspecified atom stereocenters. The van der Waals surface area contributed by atoms with Crippen LogP contribution in [0.15, 0.2) is 12.1 Å². The fraction of sp³-hybridized carbons (Fsp3) is 0.462. The van der Waals surface area contributed by atoms with Crippen LogP contribution in [0.4, 0.5) is 11.4 Å². The molecule has 6 heteroatoms. The summed E-state index contributed by atoms with van der Waals surface area (Å²) in [6.45, 7) is 3.79. The Kier molecular flexibility index (Phi) is 3.12. The number of aliphatic hydroxyl groups excluding tert-OH is 1. The van der Waals surface area contributed by atoms with Crippen LogP contribution in [0.1, 0.15) is 11.7 Å². The van der Waals surface area contributed by atoms with Gasteiger partial charge in [0.05, 0.1) is 10.7 Å². The molecule has 2 heterocycles. The maximum Gasteiger partial charge on any atom is 0.257 e. The Morgan fingerprint density at radius 3 is 2.68 bits per heavy atom. The minimum absolute atomic E-state index is 0.387. The number of piperazine rings is 1. The summed E-state index contributed by atoms with van der Waals surface area (Å²) in [5.41, 5.74) is 2.15. The smallest absolute Gasteiger partial charge is 0.257 e. The molecule has 1 aromatic rings. The maximum atomic E-state index is 11.4. The van der Waals surface area contributed by atoms with Gasteiger partial charge in [0.15, 0.2) is 6.10 Å². The third-order valence-electron chi connectivity index (χ3n) is 3.76. The lowest BCUT2D eigenvalue weighted by Gasteiger charge is -2.34. The van der Waals surface area contributed by atoms with E-state index in [1.165, 1.54) is 0 Å². The summed E-state index contributed by atoms with van der Waals surface area (Å²) in [4.78, 5) is 15.9. The van der Waals surface area contributed by atoms with E-state index in [1.807, 2.05) is 6.07 Å². The van der Waals surface area contributed by atoms with Crippen LogP contribution < -0.4 is 10.2 Å². The average Bonchev–Trinajstić information content (AvgIpc) is 2.66. The van der Waals surface area contributed by atoms with Crippen molar-refractivity contribution in [1.29, 1.82) is 0 Å². The summed E-state index contributed by atoms with van der Waals surface area (Å²) in [6, 6.07) is 3.55. The summed E-state index contributed by atoms with van der Waals surface area (Å²) in [7, 11) is 2.10. The van der Waals surface area contributed by atoms with Gasteiger partial charge in [-0.05, 0) is 19.2 Å². The highest BCUT2D eigenvalue weighted by Crippen LogP contribution is 2.39. The molecular formula is C13H16ClN3O2. The molecule has 2 aliphatic heterocycles. The molecule has 0 bridgehead atoms. The lowest BCUT2D eigenvalue weighted by molar-refractivity contribution is -0.123. The molecule has 5 nitrogen and oxygen atoms in total. The third kappa shape index (κ3) is 2.18. The number of benzene rings is 1. The standard InChI is InChI=1S/C13H16ClN3O2/c1-16-2-4-17(5-3-16)11-7-10-8(6-9(11)14)12(18)13(19)15-10/h6-7,12,18H,2-5H2,1H3,(H,15,19). The quantitative estimate of drug-likeness (QED) is 0.809. The Labute approximate surface area is 116 Å². The number of aliphatic hydroxyl groups is 1. The molecule has 2 aliphatic rings. The third-order valence-corrected chi connectivity index (χ3v) is 4.07. The first-order valence-corrected chi connectivity index (χ1v) is 6.70. The SMILES string of the molecule is CN1CCN(c2cc3c(cc2Cl)C(O)C(=O)N3)CC1. The highest BCUT2D eigenvalue weighted by atomic mass is 35.5. The van der Waals surface area contributed by atoms with Crippen LogP contribution in [-0.4, -0.2) is 49.1 Å². The Morgan fingerprint density at radius 1 is 1.32 bits per heavy atom. The van der Waals surface area contributed by atoms with E-state index >= 15 is 0 Å². The topological polar surface area (TPSA) is 55.8 Å². The van der Waals surface area contributed by atoms with Gasteiger partial charge in [-0.15, -0.1) is 0 Å². The highest BCUT2D eigenvalue weighted by molar-refractivity contribution is 6.33. The van der Waals surface area contributed by atoms with Gasteiger partial charge in [0, 0.05) is 37.4 Å². The minimum Gasteiger partial charge on any atom is -0.378 e. The number of rotatable bonds is 1. The zero-order valence-corrected chi connectivity index (χ0v) is 11.4. The molecule has 3 rings (SSSR count). The number of amides is 1. The normalized spacial score (nSPS) is 23.4. The van der Waals surface area contributed by atoms with Crippen LogP contribution in [0.2, 0.25) is 5.02 Å². The first-order valence-electron chi connectivity index (χ1n) is 6.32. The molecule has 0 aliphatic carbocycles. The van der Waals surface area contributed by atoms with Crippen molar-refractivity contribution < 1.29 is 9.90 Å². The van der Waals surface area contributed by atoms with Crippen molar-refractivity contribution in [2.24, 2.45) is 0 Å². The second-order valence-electron chi connectivity index (χ2n) is 5.07. The van der Waals surface area contributed by atoms with Crippen LogP contribution >= 0.6 is 11.6 Å². The zero-order chi connectivity index (χ0) is 13.6. The fourth-order valence-electron chi connectivity index (χ4n) is 2.54. The molecule has 1 fully saturated rings. The monoisotopic (exact) mass is 281 g/mol. The van der Waals surface area contributed by atoms with Gasteiger partial charge in [0.2, 0.25) is 0 Å². The molecule has 1 amide bonds. The van der Waals surface area contributed by atoms with Crippen LogP contribution in [0.25, 0.3) is 0 Å². The molecule has 1 aromatic carbocycles. The molecular weight excluding hydrogens is 266 g/mol. The number of carbonyl (C=O) groups excluding carboxylic acids is 1. The number of halogens is 1. The summed E-state index contributed by atoms with van der Waals surface area (Å²) in [5.74, 6) is -0.387. The Morgan fingerprint density at radius 2 is 2.00 bits per heavy atom. The van der Waals surface area contributed by atoms with E-state index in [4.69, 9.17) is 11.6 Å². The second kappa shape index (κ2) is 4.67. The molecule has 0 radical (unpaired) electrons. The lowest BCUT2D eigenvalue weighted by Crippen LogP contribution is -2.44. The minimum atomic E-state index is -1.10. The van der Waals surface area contributed by atoms with Gasteiger partial charge in [-0.2, -0.15) is 0 Å². The van der Waals surface area contributed by atoms with Crippen LogP contribution in [-0.2, 0) is 4.79 Å². The van der Waals surface area contributed by atoms with Crippen molar-refractivity contribution in [3.63, 3.8) is 0 Å². The first-order chi connectivity index (χ1) is 9.06. The number of likely N-dealkylation sites (N-methyl/N-ethyl adjacent to an activating group) is 1. The van der Waals surface area contributed by atoms with Gasteiger partial charge in [0.1, 0.15) is 0 Å². The number of fused-ring (bicyclic) bond motifs is 1. The van der Waals surface area contributed by atoms with E-state index in [0.717, 1.165) is 31.9 Å². The van der Waals surface area contributed by atoms with Gasteiger partial charge in [-0.3, -0.25) is 4.79 Å². The number of anilines is 2. The van der Waals surface area contributed by atoms with E-state index in [1.54, 1.807) is 6.07 Å². The van der Waals surface area contributed by atoms with Crippen molar-refractivity contribution >= 4 is 28.9 Å². The lowest BCUT2D eigenvalue weighted by atomic mass is 10.1. The van der Waals surface area contributed by atoms with E-state index in [0.29, 0.717) is 16.3 Å². The molecule has 0 spiro atoms. The van der Waals surface area contributed by atoms with Crippen molar-refractivity contribution in [3.8, 4) is 0 Å². The Bertz CT molecular complexity index is 527. The number of carbonyl (C=O) groups is 1. The van der Waals surface area contributed by atoms with Gasteiger partial charge >= 0.3 is 0 Å². The number of hydrogen-bond acceptors (Lipinski definition) is 4. The van der Waals surface area contributed by atoms with Gasteiger partial charge < -0.3 is 20.2 Å². The molecule has 0 saturated carbocycles. The van der Waals surface area contributed by atoms with Crippen molar-refractivity contribution in [1.82, 2.24) is 4.90 Å². The van der Waals surface area contributed by atoms with Crippen molar-refractivity contribution in [3.05, 3.63) is 22.7 Å². The van der Waals surface area contributed by atoms with E-state index in [-0.39, 0.29) is 5.91 Å². The second-order valence-corrected chi connectivity index (χ2v) is 5.48. The summed E-state index contributed by atoms with van der Waals surface area (Å²) >= 11 is 6.29. The largest absolute Gasteiger partial charge is 0.378 e. The number of nitrogens with zero attached hydrogens (tertiary/aromatic N) is 2. The molecule has 102 valence electrons. The molecule has 1 atom stereocenters. The van der Waals surface area contributed by atoms with Crippen LogP contribution in [0.5, 0.6) is 0 Å². The predicted molar refractivity (Wildman–Crippen MR) is 74.8 cm³/mol. The summed E-state index contributed by atoms with van der Waals surface area (Å²) < 4.78 is 0. The van der Waals surface area contributed by atoms with E-state index in [9.17, 15) is 9.90 Å². The predicted octanol–water partition coefficient (Wildman–Crippen LogP) is 1.08. The van der Waals surface area contributed by atoms with Gasteiger partial charge in [0.25, 0.3) is 5.91 Å². The maximum absolute atomic E-state index is 11.4. The van der Waals surface area contributed by atoms with E-state index in [2.05, 4.69) is 22.2 Å². The molecule has 2 N–H and O–H groups in total. The average molecular weight is 282 g/mol.